The number of nitrogens with zero attached hydrogens (tertiary/aromatic N) is 2. The van der Waals surface area contributed by atoms with Crippen LogP contribution >= 0.6 is 11.6 Å². The third kappa shape index (κ3) is 3.85. The van der Waals surface area contributed by atoms with Crippen LogP contribution < -0.4 is 10.3 Å². The second-order valence-corrected chi connectivity index (χ2v) is 7.19. The number of aromatic nitrogens is 2. The molecule has 0 atom stereocenters. The van der Waals surface area contributed by atoms with Gasteiger partial charge in [-0.15, -0.1) is 0 Å². The summed E-state index contributed by atoms with van der Waals surface area (Å²) in [6.07, 6.45) is 3.87. The van der Waals surface area contributed by atoms with Gasteiger partial charge in [0.2, 0.25) is 0 Å². The van der Waals surface area contributed by atoms with Gasteiger partial charge in [0.15, 0.2) is 0 Å². The molecule has 5 nitrogen and oxygen atoms in total. The van der Waals surface area contributed by atoms with Gasteiger partial charge in [-0.1, -0.05) is 30.2 Å². The predicted molar refractivity (Wildman–Crippen MR) is 108 cm³/mol. The Bertz CT molecular complexity index is 1070. The zero-order chi connectivity index (χ0) is 19.5. The fourth-order valence-corrected chi connectivity index (χ4v) is 3.49. The molecule has 6 heteroatoms. The normalized spacial score (nSPS) is 13.5. The third-order valence-electron chi connectivity index (χ3n) is 4.82. The number of carbonyl (C=O) groups excluding carboxylic acids is 1. The molecule has 0 spiro atoms. The molecule has 0 radical (unpaired) electrons. The molecule has 0 N–H and O–H groups in total. The number of aryl methyl sites for hydroxylation is 1. The lowest BCUT2D eigenvalue weighted by molar-refractivity contribution is 0.0735. The number of rotatable bonds is 3. The molecule has 1 aliphatic heterocycles. The van der Waals surface area contributed by atoms with Crippen molar-refractivity contribution in [3.05, 3.63) is 81.4 Å². The first kappa shape index (κ1) is 18.4. The third-order valence-corrected chi connectivity index (χ3v) is 5.07. The molecular formula is C22H19ClN2O3. The second-order valence-electron chi connectivity index (χ2n) is 6.75. The van der Waals surface area contributed by atoms with Gasteiger partial charge in [-0.3, -0.25) is 9.36 Å². The van der Waals surface area contributed by atoms with Crippen LogP contribution in [-0.4, -0.2) is 15.5 Å². The standard InChI is InChI=1S/C22H19ClN2O3/c23-16-11-9-15(10-12-16)22(27)28-19-7-4-3-6-17(19)18-14-21(26)25-13-5-1-2-8-20(25)24-18/h3-4,6-7,9-12,14H,1-2,5,8,13H2. The largest absolute Gasteiger partial charge is 0.422 e. The highest BCUT2D eigenvalue weighted by Crippen LogP contribution is 2.29. The zero-order valence-electron chi connectivity index (χ0n) is 15.2. The summed E-state index contributed by atoms with van der Waals surface area (Å²) in [6, 6.07) is 15.1. The Morgan fingerprint density at radius 3 is 2.64 bits per heavy atom. The topological polar surface area (TPSA) is 61.2 Å². The number of carbonyl (C=O) groups is 1. The minimum atomic E-state index is -0.490. The maximum atomic E-state index is 12.6. The summed E-state index contributed by atoms with van der Waals surface area (Å²) in [5, 5.41) is 0.548. The maximum Gasteiger partial charge on any atom is 0.343 e. The molecule has 0 fully saturated rings. The molecule has 2 heterocycles. The summed E-state index contributed by atoms with van der Waals surface area (Å²) < 4.78 is 7.35. The summed E-state index contributed by atoms with van der Waals surface area (Å²) in [6.45, 7) is 0.703. The molecule has 0 bridgehead atoms. The van der Waals surface area contributed by atoms with E-state index in [1.54, 1.807) is 47.0 Å². The molecule has 1 aromatic heterocycles. The van der Waals surface area contributed by atoms with E-state index < -0.39 is 5.97 Å². The Labute approximate surface area is 167 Å². The lowest BCUT2D eigenvalue weighted by Crippen LogP contribution is -2.24. The lowest BCUT2D eigenvalue weighted by Gasteiger charge is -2.13. The molecule has 0 saturated carbocycles. The van der Waals surface area contributed by atoms with E-state index in [2.05, 4.69) is 0 Å². The molecular weight excluding hydrogens is 376 g/mol. The van der Waals surface area contributed by atoms with E-state index in [0.717, 1.165) is 31.5 Å². The van der Waals surface area contributed by atoms with E-state index in [-0.39, 0.29) is 5.56 Å². The van der Waals surface area contributed by atoms with Crippen LogP contribution in [0.3, 0.4) is 0 Å². The Kier molecular flexibility index (Phi) is 5.26. The molecule has 0 amide bonds. The van der Waals surface area contributed by atoms with Gasteiger partial charge in [0, 0.05) is 29.6 Å². The fourth-order valence-electron chi connectivity index (χ4n) is 3.36. The van der Waals surface area contributed by atoms with Crippen molar-refractivity contribution >= 4 is 17.6 Å². The number of para-hydroxylation sites is 1. The molecule has 0 aliphatic carbocycles. The molecule has 28 heavy (non-hydrogen) atoms. The van der Waals surface area contributed by atoms with Crippen molar-refractivity contribution < 1.29 is 9.53 Å². The number of hydrogen-bond acceptors (Lipinski definition) is 4. The Morgan fingerprint density at radius 1 is 1.04 bits per heavy atom. The first-order valence-electron chi connectivity index (χ1n) is 9.30. The van der Waals surface area contributed by atoms with Crippen LogP contribution in [0.25, 0.3) is 11.3 Å². The van der Waals surface area contributed by atoms with Crippen molar-refractivity contribution in [1.29, 1.82) is 0 Å². The van der Waals surface area contributed by atoms with Gasteiger partial charge in [-0.2, -0.15) is 0 Å². The van der Waals surface area contributed by atoms with Crippen molar-refractivity contribution in [1.82, 2.24) is 9.55 Å². The van der Waals surface area contributed by atoms with Crippen molar-refractivity contribution in [3.8, 4) is 17.0 Å². The molecule has 0 saturated heterocycles. The number of hydrogen-bond donors (Lipinski definition) is 0. The zero-order valence-corrected chi connectivity index (χ0v) is 16.0. The van der Waals surface area contributed by atoms with Crippen LogP contribution in [0, 0.1) is 0 Å². The summed E-state index contributed by atoms with van der Waals surface area (Å²) in [4.78, 5) is 29.8. The van der Waals surface area contributed by atoms with Gasteiger partial charge in [-0.25, -0.2) is 9.78 Å². The van der Waals surface area contributed by atoms with E-state index >= 15 is 0 Å². The number of esters is 1. The second kappa shape index (κ2) is 7.98. The number of ether oxygens (including phenoxy) is 1. The maximum absolute atomic E-state index is 12.6. The van der Waals surface area contributed by atoms with Crippen LogP contribution in [-0.2, 0) is 13.0 Å². The SMILES string of the molecule is O=C(Oc1ccccc1-c1cc(=O)n2c(n1)CCCCC2)c1ccc(Cl)cc1. The van der Waals surface area contributed by atoms with Gasteiger partial charge in [0.25, 0.3) is 5.56 Å². The van der Waals surface area contributed by atoms with E-state index in [4.69, 9.17) is 21.3 Å². The highest BCUT2D eigenvalue weighted by molar-refractivity contribution is 6.30. The Balaban J connectivity index is 1.69. The molecule has 0 unspecified atom stereocenters. The number of halogens is 1. The van der Waals surface area contributed by atoms with Crippen molar-refractivity contribution in [2.24, 2.45) is 0 Å². The molecule has 2 aromatic carbocycles. The van der Waals surface area contributed by atoms with Gasteiger partial charge in [0.05, 0.1) is 11.3 Å². The van der Waals surface area contributed by atoms with Gasteiger partial charge < -0.3 is 4.74 Å². The Hall–Kier alpha value is -2.92. The van der Waals surface area contributed by atoms with Crippen LogP contribution in [0.1, 0.15) is 35.4 Å². The minimum absolute atomic E-state index is 0.0688. The summed E-state index contributed by atoms with van der Waals surface area (Å²) in [5.74, 6) is 0.669. The van der Waals surface area contributed by atoms with Crippen molar-refractivity contribution in [2.45, 2.75) is 32.2 Å². The first-order chi connectivity index (χ1) is 13.6. The average molecular weight is 395 g/mol. The summed E-state index contributed by atoms with van der Waals surface area (Å²) in [5.41, 5.74) is 1.47. The minimum Gasteiger partial charge on any atom is -0.422 e. The first-order valence-corrected chi connectivity index (χ1v) is 9.67. The van der Waals surface area contributed by atoms with Crippen molar-refractivity contribution in [3.63, 3.8) is 0 Å². The highest BCUT2D eigenvalue weighted by atomic mass is 35.5. The van der Waals surface area contributed by atoms with E-state index in [9.17, 15) is 9.59 Å². The highest BCUT2D eigenvalue weighted by Gasteiger charge is 2.17. The molecule has 142 valence electrons. The van der Waals surface area contributed by atoms with Gasteiger partial charge >= 0.3 is 5.97 Å². The quantitative estimate of drug-likeness (QED) is 0.484. The van der Waals surface area contributed by atoms with Crippen LogP contribution in [0.5, 0.6) is 5.75 Å². The smallest absolute Gasteiger partial charge is 0.343 e. The molecule has 4 rings (SSSR count). The van der Waals surface area contributed by atoms with E-state index in [0.29, 0.717) is 34.1 Å². The van der Waals surface area contributed by atoms with E-state index in [1.165, 1.54) is 6.07 Å². The molecule has 1 aliphatic rings. The van der Waals surface area contributed by atoms with Crippen LogP contribution in [0.4, 0.5) is 0 Å². The fraction of sp³-hybridized carbons (Fsp3) is 0.227. The molecule has 3 aromatic rings. The van der Waals surface area contributed by atoms with E-state index in [1.807, 2.05) is 6.07 Å². The summed E-state index contributed by atoms with van der Waals surface area (Å²) in [7, 11) is 0. The van der Waals surface area contributed by atoms with Crippen LogP contribution in [0.15, 0.2) is 59.4 Å². The van der Waals surface area contributed by atoms with Gasteiger partial charge in [0.1, 0.15) is 11.6 Å². The van der Waals surface area contributed by atoms with Crippen molar-refractivity contribution in [2.75, 3.05) is 0 Å². The predicted octanol–water partition coefficient (Wildman–Crippen LogP) is 4.51. The monoisotopic (exact) mass is 394 g/mol. The average Bonchev–Trinajstić information content (AvgIpc) is 2.95. The summed E-state index contributed by atoms with van der Waals surface area (Å²) >= 11 is 5.87. The lowest BCUT2D eigenvalue weighted by atomic mass is 10.1. The van der Waals surface area contributed by atoms with Crippen LogP contribution in [0.2, 0.25) is 5.02 Å². The number of fused-ring (bicyclic) bond motifs is 1. The van der Waals surface area contributed by atoms with Gasteiger partial charge in [-0.05, 0) is 49.2 Å². The Morgan fingerprint density at radius 2 is 1.82 bits per heavy atom. The number of benzene rings is 2.